The minimum atomic E-state index is 0.119. The highest BCUT2D eigenvalue weighted by atomic mass is 35.5. The van der Waals surface area contributed by atoms with Crippen LogP contribution in [0.4, 0.5) is 0 Å². The maximum absolute atomic E-state index is 12.2. The summed E-state index contributed by atoms with van der Waals surface area (Å²) in [6, 6.07) is 7.64. The Morgan fingerprint density at radius 3 is 2.70 bits per heavy atom. The molecular formula is C16H22ClNO2. The van der Waals surface area contributed by atoms with E-state index < -0.39 is 0 Å². The summed E-state index contributed by atoms with van der Waals surface area (Å²) in [5, 5.41) is 9.77. The topological polar surface area (TPSA) is 40.5 Å². The number of aliphatic hydroxyl groups excluding tert-OH is 1. The summed E-state index contributed by atoms with van der Waals surface area (Å²) in [7, 11) is 0. The Kier molecular flexibility index (Phi) is 6.02. The van der Waals surface area contributed by atoms with Crippen molar-refractivity contribution in [3.63, 3.8) is 0 Å². The first-order chi connectivity index (χ1) is 9.70. The standard InChI is InChI=1S/C16H22ClNO2/c17-14-5-3-4-13(12-14)16(20)8-9-18(10-11-19)15-6-1-2-7-15/h3-5,12,15,19H,1-2,6-11H2. The van der Waals surface area contributed by atoms with Gasteiger partial charge in [-0.15, -0.1) is 0 Å². The maximum Gasteiger partial charge on any atom is 0.164 e. The van der Waals surface area contributed by atoms with Crippen LogP contribution in [-0.4, -0.2) is 41.5 Å². The molecule has 0 heterocycles. The monoisotopic (exact) mass is 295 g/mol. The van der Waals surface area contributed by atoms with Gasteiger partial charge in [-0.3, -0.25) is 9.69 Å². The first kappa shape index (κ1) is 15.5. The van der Waals surface area contributed by atoms with Crippen molar-refractivity contribution in [2.24, 2.45) is 0 Å². The molecule has 0 unspecified atom stereocenters. The van der Waals surface area contributed by atoms with Crippen molar-refractivity contribution >= 4 is 17.4 Å². The largest absolute Gasteiger partial charge is 0.395 e. The van der Waals surface area contributed by atoms with E-state index in [0.29, 0.717) is 29.6 Å². The Morgan fingerprint density at radius 2 is 2.05 bits per heavy atom. The molecule has 0 amide bonds. The first-order valence-corrected chi connectivity index (χ1v) is 7.72. The number of hydrogen-bond donors (Lipinski definition) is 1. The van der Waals surface area contributed by atoms with Gasteiger partial charge in [-0.1, -0.05) is 36.6 Å². The van der Waals surface area contributed by atoms with Crippen LogP contribution in [0.2, 0.25) is 5.02 Å². The molecule has 0 aromatic heterocycles. The molecule has 1 N–H and O–H groups in total. The van der Waals surface area contributed by atoms with E-state index in [1.165, 1.54) is 25.7 Å². The molecular weight excluding hydrogens is 274 g/mol. The van der Waals surface area contributed by atoms with Crippen molar-refractivity contribution in [3.8, 4) is 0 Å². The quantitative estimate of drug-likeness (QED) is 0.786. The number of ketones is 1. The number of halogens is 1. The van der Waals surface area contributed by atoms with Gasteiger partial charge in [-0.05, 0) is 25.0 Å². The van der Waals surface area contributed by atoms with Gasteiger partial charge >= 0.3 is 0 Å². The lowest BCUT2D eigenvalue weighted by molar-refractivity contribution is 0.0934. The smallest absolute Gasteiger partial charge is 0.164 e. The molecule has 0 spiro atoms. The fourth-order valence-corrected chi connectivity index (χ4v) is 3.12. The van der Waals surface area contributed by atoms with Crippen LogP contribution in [0.25, 0.3) is 0 Å². The highest BCUT2D eigenvalue weighted by molar-refractivity contribution is 6.31. The molecule has 3 nitrogen and oxygen atoms in total. The van der Waals surface area contributed by atoms with E-state index in [1.54, 1.807) is 24.3 Å². The Labute approximate surface area is 125 Å². The second kappa shape index (κ2) is 7.77. The van der Waals surface area contributed by atoms with Crippen LogP contribution in [-0.2, 0) is 0 Å². The lowest BCUT2D eigenvalue weighted by Crippen LogP contribution is -2.37. The number of benzene rings is 1. The second-order valence-electron chi connectivity index (χ2n) is 5.38. The Hall–Kier alpha value is -0.900. The van der Waals surface area contributed by atoms with E-state index in [-0.39, 0.29) is 12.4 Å². The van der Waals surface area contributed by atoms with Gasteiger partial charge in [0.25, 0.3) is 0 Å². The average molecular weight is 296 g/mol. The van der Waals surface area contributed by atoms with E-state index in [9.17, 15) is 9.90 Å². The molecule has 1 aliphatic rings. The zero-order valence-corrected chi connectivity index (χ0v) is 12.5. The molecule has 4 heteroatoms. The summed E-state index contributed by atoms with van der Waals surface area (Å²) in [5.41, 5.74) is 0.674. The molecule has 0 saturated heterocycles. The van der Waals surface area contributed by atoms with E-state index in [0.717, 1.165) is 6.54 Å². The van der Waals surface area contributed by atoms with Crippen LogP contribution < -0.4 is 0 Å². The van der Waals surface area contributed by atoms with Crippen molar-refractivity contribution in [2.45, 2.75) is 38.1 Å². The Balaban J connectivity index is 1.89. The highest BCUT2D eigenvalue weighted by Gasteiger charge is 2.22. The van der Waals surface area contributed by atoms with Gasteiger partial charge < -0.3 is 5.11 Å². The number of rotatable bonds is 7. The Bertz CT molecular complexity index is 444. The minimum absolute atomic E-state index is 0.119. The van der Waals surface area contributed by atoms with Gasteiger partial charge in [0.1, 0.15) is 0 Å². The van der Waals surface area contributed by atoms with Gasteiger partial charge in [0.05, 0.1) is 6.61 Å². The molecule has 1 saturated carbocycles. The summed E-state index contributed by atoms with van der Waals surface area (Å²) >= 11 is 5.91. The zero-order valence-electron chi connectivity index (χ0n) is 11.7. The third kappa shape index (κ3) is 4.30. The molecule has 0 aliphatic heterocycles. The molecule has 110 valence electrons. The van der Waals surface area contributed by atoms with Gasteiger partial charge in [-0.2, -0.15) is 0 Å². The molecule has 1 aromatic rings. The number of hydrogen-bond acceptors (Lipinski definition) is 3. The van der Waals surface area contributed by atoms with Crippen molar-refractivity contribution in [1.82, 2.24) is 4.90 Å². The van der Waals surface area contributed by atoms with E-state index >= 15 is 0 Å². The summed E-state index contributed by atoms with van der Waals surface area (Å²) < 4.78 is 0. The third-order valence-corrected chi connectivity index (χ3v) is 4.24. The lowest BCUT2D eigenvalue weighted by atomic mass is 10.1. The SMILES string of the molecule is O=C(CCN(CCO)C1CCCC1)c1cccc(Cl)c1. The molecule has 1 fully saturated rings. The van der Waals surface area contributed by atoms with Crippen LogP contribution in [0.5, 0.6) is 0 Å². The van der Waals surface area contributed by atoms with Gasteiger partial charge in [0.15, 0.2) is 5.78 Å². The van der Waals surface area contributed by atoms with Gasteiger partial charge in [0.2, 0.25) is 0 Å². The lowest BCUT2D eigenvalue weighted by Gasteiger charge is -2.27. The van der Waals surface area contributed by atoms with Crippen molar-refractivity contribution in [1.29, 1.82) is 0 Å². The Morgan fingerprint density at radius 1 is 1.30 bits per heavy atom. The van der Waals surface area contributed by atoms with E-state index in [4.69, 9.17) is 11.6 Å². The predicted molar refractivity (Wildman–Crippen MR) is 81.3 cm³/mol. The number of nitrogens with zero attached hydrogens (tertiary/aromatic N) is 1. The fraction of sp³-hybridized carbons (Fsp3) is 0.562. The molecule has 0 atom stereocenters. The number of Topliss-reactive ketones (excluding diaryl/α,β-unsaturated/α-hetero) is 1. The van der Waals surface area contributed by atoms with E-state index in [1.807, 2.05) is 0 Å². The van der Waals surface area contributed by atoms with Crippen LogP contribution in [0, 0.1) is 0 Å². The van der Waals surface area contributed by atoms with Crippen LogP contribution in [0.15, 0.2) is 24.3 Å². The second-order valence-corrected chi connectivity index (χ2v) is 5.82. The summed E-state index contributed by atoms with van der Waals surface area (Å²) in [4.78, 5) is 14.4. The number of aliphatic hydroxyl groups is 1. The molecule has 1 aliphatic carbocycles. The van der Waals surface area contributed by atoms with Crippen molar-refractivity contribution in [2.75, 3.05) is 19.7 Å². The molecule has 0 radical (unpaired) electrons. The average Bonchev–Trinajstić information content (AvgIpc) is 2.97. The van der Waals surface area contributed by atoms with Crippen LogP contribution >= 0.6 is 11.6 Å². The minimum Gasteiger partial charge on any atom is -0.395 e. The number of carbonyl (C=O) groups is 1. The van der Waals surface area contributed by atoms with Crippen molar-refractivity contribution in [3.05, 3.63) is 34.9 Å². The molecule has 0 bridgehead atoms. The van der Waals surface area contributed by atoms with Crippen LogP contribution in [0.3, 0.4) is 0 Å². The molecule has 1 aromatic carbocycles. The zero-order chi connectivity index (χ0) is 14.4. The normalized spacial score (nSPS) is 15.9. The fourth-order valence-electron chi connectivity index (χ4n) is 2.93. The van der Waals surface area contributed by atoms with E-state index in [2.05, 4.69) is 4.90 Å². The summed E-state index contributed by atoms with van der Waals surface area (Å²) in [6.07, 6.45) is 5.37. The number of carbonyl (C=O) groups excluding carboxylic acids is 1. The molecule has 20 heavy (non-hydrogen) atoms. The third-order valence-electron chi connectivity index (χ3n) is 4.00. The maximum atomic E-state index is 12.2. The van der Waals surface area contributed by atoms with Gasteiger partial charge in [0, 0.05) is 36.1 Å². The van der Waals surface area contributed by atoms with Crippen LogP contribution in [0.1, 0.15) is 42.5 Å². The first-order valence-electron chi connectivity index (χ1n) is 7.34. The highest BCUT2D eigenvalue weighted by Crippen LogP contribution is 2.23. The summed E-state index contributed by atoms with van der Waals surface area (Å²) in [5.74, 6) is 0.119. The molecule has 2 rings (SSSR count). The van der Waals surface area contributed by atoms with Crippen molar-refractivity contribution < 1.29 is 9.90 Å². The summed E-state index contributed by atoms with van der Waals surface area (Å²) in [6.45, 7) is 1.53. The predicted octanol–water partition coefficient (Wildman–Crippen LogP) is 3.15. The van der Waals surface area contributed by atoms with Gasteiger partial charge in [-0.25, -0.2) is 0 Å².